The Balaban J connectivity index is 1.66. The molecular formula is C32H33FN2O2. The van der Waals surface area contributed by atoms with E-state index in [0.717, 1.165) is 36.2 Å². The molecule has 1 aliphatic carbocycles. The molecule has 0 saturated carbocycles. The van der Waals surface area contributed by atoms with E-state index < -0.39 is 6.04 Å². The van der Waals surface area contributed by atoms with Crippen molar-refractivity contribution in [2.24, 2.45) is 0 Å². The third kappa shape index (κ3) is 5.08. The summed E-state index contributed by atoms with van der Waals surface area (Å²) >= 11 is 0. The fourth-order valence-electron chi connectivity index (χ4n) is 5.58. The lowest BCUT2D eigenvalue weighted by molar-refractivity contribution is -0.119. The van der Waals surface area contributed by atoms with Crippen molar-refractivity contribution in [3.05, 3.63) is 107 Å². The van der Waals surface area contributed by atoms with Crippen LogP contribution in [-0.4, -0.2) is 11.7 Å². The van der Waals surface area contributed by atoms with Crippen LogP contribution in [0.3, 0.4) is 0 Å². The summed E-state index contributed by atoms with van der Waals surface area (Å²) in [6.45, 7) is 4.16. The smallest absolute Gasteiger partial charge is 0.227 e. The molecule has 0 saturated heterocycles. The van der Waals surface area contributed by atoms with Crippen LogP contribution in [0.15, 0.2) is 84.1 Å². The van der Waals surface area contributed by atoms with Crippen LogP contribution in [0.25, 0.3) is 0 Å². The van der Waals surface area contributed by atoms with E-state index >= 15 is 0 Å². The summed E-state index contributed by atoms with van der Waals surface area (Å²) in [7, 11) is 0. The molecule has 1 amide bonds. The quantitative estimate of drug-likeness (QED) is 0.357. The average molecular weight is 497 g/mol. The lowest BCUT2D eigenvalue weighted by atomic mass is 9.78. The van der Waals surface area contributed by atoms with E-state index in [1.807, 2.05) is 30.3 Å². The second kappa shape index (κ2) is 10.7. The number of Topliss-reactive ketones (excluding diaryl/α,β-unsaturated/α-hetero) is 1. The van der Waals surface area contributed by atoms with Gasteiger partial charge in [-0.3, -0.25) is 14.5 Å². The van der Waals surface area contributed by atoms with E-state index in [2.05, 4.69) is 43.4 Å². The Morgan fingerprint density at radius 3 is 2.51 bits per heavy atom. The van der Waals surface area contributed by atoms with Gasteiger partial charge in [-0.2, -0.15) is 0 Å². The standard InChI is InChI=1S/C32H33FN2O2/c1-3-4-5-13-30(37)35-28-12-7-6-11-26(28)34-27-19-24(22-16-14-21(2)15-17-22)20-29(36)31(27)32(35)23-9-8-10-25(33)18-23/h6-12,14-18,24,32,34H,3-5,13,19-20H2,1-2H3/t24-,32+/m0/s1. The molecule has 2 aliphatic rings. The minimum atomic E-state index is -0.692. The lowest BCUT2D eigenvalue weighted by Gasteiger charge is -2.35. The number of rotatable bonds is 6. The fourth-order valence-corrected chi connectivity index (χ4v) is 5.58. The van der Waals surface area contributed by atoms with Crippen LogP contribution < -0.4 is 10.2 Å². The lowest BCUT2D eigenvalue weighted by Crippen LogP contribution is -2.38. The maximum atomic E-state index is 14.5. The summed E-state index contributed by atoms with van der Waals surface area (Å²) in [6, 6.07) is 21.6. The Morgan fingerprint density at radius 1 is 0.973 bits per heavy atom. The highest BCUT2D eigenvalue weighted by Gasteiger charge is 2.41. The third-order valence-electron chi connectivity index (χ3n) is 7.46. The second-order valence-corrected chi connectivity index (χ2v) is 10.2. The van der Waals surface area contributed by atoms with E-state index in [4.69, 9.17) is 0 Å². The van der Waals surface area contributed by atoms with Gasteiger partial charge in [0.2, 0.25) is 5.91 Å². The summed E-state index contributed by atoms with van der Waals surface area (Å²) in [5.74, 6) is -0.414. The van der Waals surface area contributed by atoms with Gasteiger partial charge < -0.3 is 5.32 Å². The van der Waals surface area contributed by atoms with E-state index in [1.165, 1.54) is 17.7 Å². The monoisotopic (exact) mass is 496 g/mol. The number of para-hydroxylation sites is 2. The van der Waals surface area contributed by atoms with Gasteiger partial charge in [-0.1, -0.05) is 73.9 Å². The number of fused-ring (bicyclic) bond motifs is 1. The van der Waals surface area contributed by atoms with Crippen molar-refractivity contribution < 1.29 is 14.0 Å². The number of benzene rings is 3. The number of allylic oxidation sites excluding steroid dienone is 1. The number of anilines is 2. The van der Waals surface area contributed by atoms with Gasteiger partial charge >= 0.3 is 0 Å². The molecule has 0 aromatic heterocycles. The number of amides is 1. The minimum Gasteiger partial charge on any atom is -0.357 e. The number of aryl methyl sites for hydroxylation is 1. The molecule has 4 nitrogen and oxygen atoms in total. The number of halogens is 1. The van der Waals surface area contributed by atoms with Gasteiger partial charge in [-0.05, 0) is 61.1 Å². The number of ketones is 1. The molecule has 0 radical (unpaired) electrons. The van der Waals surface area contributed by atoms with Crippen molar-refractivity contribution in [3.63, 3.8) is 0 Å². The topological polar surface area (TPSA) is 49.4 Å². The summed E-state index contributed by atoms with van der Waals surface area (Å²) in [5, 5.41) is 3.54. The molecular weight excluding hydrogens is 463 g/mol. The van der Waals surface area contributed by atoms with Crippen molar-refractivity contribution in [1.82, 2.24) is 0 Å². The van der Waals surface area contributed by atoms with Crippen LogP contribution in [0.4, 0.5) is 15.8 Å². The number of hydrogen-bond acceptors (Lipinski definition) is 3. The van der Waals surface area contributed by atoms with Gasteiger partial charge in [0.15, 0.2) is 5.78 Å². The predicted molar refractivity (Wildman–Crippen MR) is 146 cm³/mol. The highest BCUT2D eigenvalue weighted by Crippen LogP contribution is 2.47. The summed E-state index contributed by atoms with van der Waals surface area (Å²) in [4.78, 5) is 29.5. The first kappa shape index (κ1) is 24.9. The zero-order valence-corrected chi connectivity index (χ0v) is 21.5. The third-order valence-corrected chi connectivity index (χ3v) is 7.46. The Kier molecular flexibility index (Phi) is 7.22. The van der Waals surface area contributed by atoms with Gasteiger partial charge in [0, 0.05) is 24.1 Å². The van der Waals surface area contributed by atoms with Crippen LogP contribution in [-0.2, 0) is 9.59 Å². The molecule has 0 fully saturated rings. The molecule has 1 aliphatic heterocycles. The normalized spacial score (nSPS) is 19.1. The van der Waals surface area contributed by atoms with E-state index in [1.54, 1.807) is 11.0 Å². The molecule has 1 N–H and O–H groups in total. The zero-order chi connectivity index (χ0) is 25.9. The van der Waals surface area contributed by atoms with Crippen molar-refractivity contribution in [2.75, 3.05) is 10.2 Å². The summed E-state index contributed by atoms with van der Waals surface area (Å²) < 4.78 is 14.5. The summed E-state index contributed by atoms with van der Waals surface area (Å²) in [5.41, 5.74) is 5.79. The molecule has 0 bridgehead atoms. The van der Waals surface area contributed by atoms with Gasteiger partial charge in [0.05, 0.1) is 17.4 Å². The van der Waals surface area contributed by atoms with Gasteiger partial charge in [-0.25, -0.2) is 4.39 Å². The summed E-state index contributed by atoms with van der Waals surface area (Å²) in [6.07, 6.45) is 4.09. The molecule has 3 aromatic rings. The zero-order valence-electron chi connectivity index (χ0n) is 21.5. The molecule has 190 valence electrons. The van der Waals surface area contributed by atoms with Crippen molar-refractivity contribution >= 4 is 23.1 Å². The van der Waals surface area contributed by atoms with Gasteiger partial charge in [0.1, 0.15) is 5.82 Å². The van der Waals surface area contributed by atoms with E-state index in [-0.39, 0.29) is 23.4 Å². The van der Waals surface area contributed by atoms with Gasteiger partial charge in [0.25, 0.3) is 0 Å². The fraction of sp³-hybridized carbons (Fsp3) is 0.312. The average Bonchev–Trinajstić information content (AvgIpc) is 3.04. The van der Waals surface area contributed by atoms with Crippen LogP contribution in [0, 0.1) is 12.7 Å². The molecule has 0 spiro atoms. The number of unbranched alkanes of at least 4 members (excludes halogenated alkanes) is 2. The van der Waals surface area contributed by atoms with E-state index in [9.17, 15) is 14.0 Å². The first-order chi connectivity index (χ1) is 18.0. The largest absolute Gasteiger partial charge is 0.357 e. The SMILES string of the molecule is CCCCCC(=O)N1c2ccccc2NC2=C(C(=O)C[C@@H](c3ccc(C)cc3)C2)[C@H]1c1cccc(F)c1. The number of nitrogens with zero attached hydrogens (tertiary/aromatic N) is 1. The van der Waals surface area contributed by atoms with Crippen LogP contribution in [0.2, 0.25) is 0 Å². The number of carbonyl (C=O) groups excluding carboxylic acids is 2. The molecule has 37 heavy (non-hydrogen) atoms. The second-order valence-electron chi connectivity index (χ2n) is 10.2. The number of hydrogen-bond donors (Lipinski definition) is 1. The molecule has 2 atom stereocenters. The Morgan fingerprint density at radius 2 is 1.76 bits per heavy atom. The van der Waals surface area contributed by atoms with Crippen molar-refractivity contribution in [2.45, 2.75) is 64.3 Å². The Labute approximate surface area is 218 Å². The first-order valence-electron chi connectivity index (χ1n) is 13.2. The highest BCUT2D eigenvalue weighted by atomic mass is 19.1. The maximum absolute atomic E-state index is 14.5. The van der Waals surface area contributed by atoms with Crippen molar-refractivity contribution in [1.29, 1.82) is 0 Å². The first-order valence-corrected chi connectivity index (χ1v) is 13.2. The van der Waals surface area contributed by atoms with Crippen LogP contribution in [0.1, 0.15) is 74.1 Å². The molecule has 3 aromatic carbocycles. The molecule has 1 heterocycles. The van der Waals surface area contributed by atoms with E-state index in [0.29, 0.717) is 36.1 Å². The number of carbonyl (C=O) groups is 2. The van der Waals surface area contributed by atoms with Crippen LogP contribution in [0.5, 0.6) is 0 Å². The predicted octanol–water partition coefficient (Wildman–Crippen LogP) is 7.62. The van der Waals surface area contributed by atoms with Crippen LogP contribution >= 0.6 is 0 Å². The Bertz CT molecular complexity index is 1340. The minimum absolute atomic E-state index is 0.00671. The molecule has 5 rings (SSSR count). The Hall–Kier alpha value is -3.73. The maximum Gasteiger partial charge on any atom is 0.227 e. The van der Waals surface area contributed by atoms with Crippen molar-refractivity contribution in [3.8, 4) is 0 Å². The molecule has 0 unspecified atom stereocenters. The molecule has 5 heteroatoms. The van der Waals surface area contributed by atoms with Gasteiger partial charge in [-0.15, -0.1) is 0 Å². The number of nitrogens with one attached hydrogen (secondary N) is 1. The highest BCUT2D eigenvalue weighted by molar-refractivity contribution is 6.06.